The Bertz CT molecular complexity index is 484. The second kappa shape index (κ2) is 4.63. The first-order valence-electron chi connectivity index (χ1n) is 4.11. The van der Waals surface area contributed by atoms with Crippen LogP contribution >= 0.6 is 43.5 Å². The topological polar surface area (TPSA) is 30.7 Å². The highest BCUT2D eigenvalue weighted by Gasteiger charge is 2.07. The standard InChI is InChI=1S/C9H6Br2ClN3/c10-7-1-6(2-12)9(13-3-7)15-5-8(11)4-14-15/h1,3-5H,2H2. The minimum Gasteiger partial charge on any atom is -0.236 e. The van der Waals surface area contributed by atoms with E-state index in [0.29, 0.717) is 5.88 Å². The molecule has 2 aromatic rings. The van der Waals surface area contributed by atoms with Crippen molar-refractivity contribution in [2.24, 2.45) is 0 Å². The van der Waals surface area contributed by atoms with Crippen LogP contribution in [-0.2, 0) is 5.88 Å². The largest absolute Gasteiger partial charge is 0.236 e. The van der Waals surface area contributed by atoms with Crippen LogP contribution in [0.4, 0.5) is 0 Å². The van der Waals surface area contributed by atoms with Gasteiger partial charge in [-0.05, 0) is 37.9 Å². The molecule has 2 aromatic heterocycles. The molecule has 0 radical (unpaired) electrons. The van der Waals surface area contributed by atoms with Gasteiger partial charge in [-0.2, -0.15) is 5.10 Å². The lowest BCUT2D eigenvalue weighted by atomic mass is 10.3. The van der Waals surface area contributed by atoms with Gasteiger partial charge in [-0.1, -0.05) is 0 Å². The third-order valence-corrected chi connectivity index (χ3v) is 2.95. The zero-order valence-electron chi connectivity index (χ0n) is 7.49. The number of pyridine rings is 1. The molecule has 0 saturated carbocycles. The maximum absolute atomic E-state index is 5.85. The summed E-state index contributed by atoms with van der Waals surface area (Å²) in [6, 6.07) is 1.94. The van der Waals surface area contributed by atoms with E-state index in [1.165, 1.54) is 0 Å². The summed E-state index contributed by atoms with van der Waals surface area (Å²) in [4.78, 5) is 4.28. The predicted molar refractivity (Wildman–Crippen MR) is 66.3 cm³/mol. The molecule has 0 N–H and O–H groups in total. The van der Waals surface area contributed by atoms with Crippen molar-refractivity contribution < 1.29 is 0 Å². The monoisotopic (exact) mass is 349 g/mol. The van der Waals surface area contributed by atoms with E-state index in [-0.39, 0.29) is 0 Å². The van der Waals surface area contributed by atoms with Crippen LogP contribution in [0.5, 0.6) is 0 Å². The van der Waals surface area contributed by atoms with Crippen LogP contribution in [0.2, 0.25) is 0 Å². The van der Waals surface area contributed by atoms with Gasteiger partial charge in [-0.25, -0.2) is 9.67 Å². The number of rotatable bonds is 2. The van der Waals surface area contributed by atoms with E-state index in [2.05, 4.69) is 41.9 Å². The van der Waals surface area contributed by atoms with Gasteiger partial charge < -0.3 is 0 Å². The first kappa shape index (κ1) is 11.1. The second-order valence-corrected chi connectivity index (χ2v) is 4.97. The van der Waals surface area contributed by atoms with Gasteiger partial charge in [0.25, 0.3) is 0 Å². The molecular weight excluding hydrogens is 345 g/mol. The SMILES string of the molecule is ClCc1cc(Br)cnc1-n1cc(Br)cn1. The maximum atomic E-state index is 5.85. The molecule has 15 heavy (non-hydrogen) atoms. The molecule has 2 rings (SSSR count). The first-order valence-corrected chi connectivity index (χ1v) is 6.23. The summed E-state index contributed by atoms with van der Waals surface area (Å²) in [5.74, 6) is 1.15. The molecular formula is C9H6Br2ClN3. The fraction of sp³-hybridized carbons (Fsp3) is 0.111. The number of aromatic nitrogens is 3. The van der Waals surface area contributed by atoms with E-state index >= 15 is 0 Å². The minimum atomic E-state index is 0.402. The Morgan fingerprint density at radius 2 is 2.07 bits per heavy atom. The van der Waals surface area contributed by atoms with Crippen LogP contribution in [0.25, 0.3) is 5.82 Å². The Morgan fingerprint density at radius 1 is 1.27 bits per heavy atom. The average molecular weight is 351 g/mol. The van der Waals surface area contributed by atoms with Crippen molar-refractivity contribution in [2.75, 3.05) is 0 Å². The molecule has 0 amide bonds. The summed E-state index contributed by atoms with van der Waals surface area (Å²) in [5.41, 5.74) is 0.932. The molecule has 3 nitrogen and oxygen atoms in total. The Balaban J connectivity index is 2.52. The molecule has 0 aliphatic rings. The highest BCUT2D eigenvalue weighted by atomic mass is 79.9. The van der Waals surface area contributed by atoms with Crippen molar-refractivity contribution >= 4 is 43.5 Å². The highest BCUT2D eigenvalue weighted by Crippen LogP contribution is 2.19. The van der Waals surface area contributed by atoms with E-state index in [0.717, 1.165) is 20.3 Å². The van der Waals surface area contributed by atoms with E-state index in [1.54, 1.807) is 17.1 Å². The zero-order valence-corrected chi connectivity index (χ0v) is 11.4. The van der Waals surface area contributed by atoms with Gasteiger partial charge in [0.15, 0.2) is 5.82 Å². The molecule has 0 aliphatic carbocycles. The molecule has 6 heteroatoms. The lowest BCUT2D eigenvalue weighted by Crippen LogP contribution is -2.01. The van der Waals surface area contributed by atoms with Crippen molar-refractivity contribution in [1.82, 2.24) is 14.8 Å². The highest BCUT2D eigenvalue weighted by molar-refractivity contribution is 9.10. The summed E-state index contributed by atoms with van der Waals surface area (Å²) < 4.78 is 3.51. The first-order chi connectivity index (χ1) is 7.20. The number of hydrogen-bond donors (Lipinski definition) is 0. The van der Waals surface area contributed by atoms with Crippen LogP contribution in [0.15, 0.2) is 33.6 Å². The Labute approximate surface area is 109 Å². The third kappa shape index (κ3) is 2.41. The van der Waals surface area contributed by atoms with Gasteiger partial charge in [-0.15, -0.1) is 11.6 Å². The van der Waals surface area contributed by atoms with Crippen LogP contribution in [-0.4, -0.2) is 14.8 Å². The van der Waals surface area contributed by atoms with Crippen molar-refractivity contribution in [2.45, 2.75) is 5.88 Å². The van der Waals surface area contributed by atoms with E-state index in [1.807, 2.05) is 12.3 Å². The van der Waals surface area contributed by atoms with Gasteiger partial charge in [0.1, 0.15) is 0 Å². The fourth-order valence-corrected chi connectivity index (χ4v) is 2.06. The fourth-order valence-electron chi connectivity index (χ4n) is 1.20. The van der Waals surface area contributed by atoms with E-state index in [9.17, 15) is 0 Å². The molecule has 0 fully saturated rings. The van der Waals surface area contributed by atoms with Crippen molar-refractivity contribution in [1.29, 1.82) is 0 Å². The van der Waals surface area contributed by atoms with Crippen molar-refractivity contribution in [3.63, 3.8) is 0 Å². The normalized spacial score (nSPS) is 10.6. The van der Waals surface area contributed by atoms with Crippen LogP contribution in [0, 0.1) is 0 Å². The summed E-state index contributed by atoms with van der Waals surface area (Å²) in [6.07, 6.45) is 5.27. The molecule has 2 heterocycles. The lowest BCUT2D eigenvalue weighted by molar-refractivity contribution is 0.835. The van der Waals surface area contributed by atoms with Gasteiger partial charge in [0.05, 0.1) is 16.5 Å². The van der Waals surface area contributed by atoms with E-state index in [4.69, 9.17) is 11.6 Å². The van der Waals surface area contributed by atoms with Gasteiger partial charge in [0.2, 0.25) is 0 Å². The maximum Gasteiger partial charge on any atom is 0.157 e. The molecule has 0 aromatic carbocycles. The number of nitrogens with zero attached hydrogens (tertiary/aromatic N) is 3. The number of alkyl halides is 1. The third-order valence-electron chi connectivity index (χ3n) is 1.82. The van der Waals surface area contributed by atoms with Gasteiger partial charge in [0, 0.05) is 22.4 Å². The van der Waals surface area contributed by atoms with Crippen LogP contribution < -0.4 is 0 Å². The molecule has 0 atom stereocenters. The van der Waals surface area contributed by atoms with Crippen molar-refractivity contribution in [3.05, 3.63) is 39.2 Å². The Morgan fingerprint density at radius 3 is 2.67 bits per heavy atom. The molecule has 0 unspecified atom stereocenters. The Kier molecular flexibility index (Phi) is 3.43. The average Bonchev–Trinajstić information content (AvgIpc) is 2.64. The zero-order chi connectivity index (χ0) is 10.8. The molecule has 0 spiro atoms. The second-order valence-electron chi connectivity index (χ2n) is 2.87. The Hall–Kier alpha value is -0.390. The quantitative estimate of drug-likeness (QED) is 0.775. The van der Waals surface area contributed by atoms with Crippen molar-refractivity contribution in [3.8, 4) is 5.82 Å². The number of hydrogen-bond acceptors (Lipinski definition) is 2. The lowest BCUT2D eigenvalue weighted by Gasteiger charge is -2.05. The smallest absolute Gasteiger partial charge is 0.157 e. The predicted octanol–water partition coefficient (Wildman–Crippen LogP) is 3.53. The molecule has 0 bridgehead atoms. The summed E-state index contributed by atoms with van der Waals surface area (Å²) in [5, 5.41) is 4.16. The van der Waals surface area contributed by atoms with Gasteiger partial charge >= 0.3 is 0 Å². The van der Waals surface area contributed by atoms with Gasteiger partial charge in [-0.3, -0.25) is 0 Å². The van der Waals surface area contributed by atoms with E-state index < -0.39 is 0 Å². The van der Waals surface area contributed by atoms with Crippen LogP contribution in [0.1, 0.15) is 5.56 Å². The number of halogens is 3. The molecule has 0 aliphatic heterocycles. The molecule has 78 valence electrons. The minimum absolute atomic E-state index is 0.402. The van der Waals surface area contributed by atoms with Crippen LogP contribution in [0.3, 0.4) is 0 Å². The summed E-state index contributed by atoms with van der Waals surface area (Å²) >= 11 is 12.5. The summed E-state index contributed by atoms with van der Waals surface area (Å²) in [6.45, 7) is 0. The molecule has 0 saturated heterocycles. The summed E-state index contributed by atoms with van der Waals surface area (Å²) in [7, 11) is 0.